The zero-order valence-corrected chi connectivity index (χ0v) is 9.80. The largest absolute Gasteiger partial charge is 0.459 e. The van der Waals surface area contributed by atoms with Gasteiger partial charge in [0.2, 0.25) is 0 Å². The third-order valence-electron chi connectivity index (χ3n) is 2.80. The number of ether oxygens (including phenoxy) is 2. The van der Waals surface area contributed by atoms with Gasteiger partial charge in [-0.1, -0.05) is 6.07 Å². The summed E-state index contributed by atoms with van der Waals surface area (Å²) in [6.45, 7) is 1.08. The lowest BCUT2D eigenvalue weighted by Gasteiger charge is -2.08. The molecule has 17 heavy (non-hydrogen) atoms. The highest BCUT2D eigenvalue weighted by atomic mass is 16.5. The van der Waals surface area contributed by atoms with Crippen molar-refractivity contribution in [3.05, 3.63) is 30.1 Å². The number of hydrogen-bond acceptors (Lipinski definition) is 4. The lowest BCUT2D eigenvalue weighted by Crippen LogP contribution is -2.11. The van der Waals surface area contributed by atoms with Gasteiger partial charge in [-0.15, -0.1) is 0 Å². The second kappa shape index (κ2) is 6.35. The molecule has 0 spiro atoms. The van der Waals surface area contributed by atoms with Gasteiger partial charge in [0.1, 0.15) is 6.61 Å². The van der Waals surface area contributed by atoms with Crippen LogP contribution in [0.5, 0.6) is 0 Å². The molecule has 92 valence electrons. The number of carbonyl (C=O) groups is 1. The van der Waals surface area contributed by atoms with Gasteiger partial charge in [-0.2, -0.15) is 0 Å². The van der Waals surface area contributed by atoms with Gasteiger partial charge in [0.15, 0.2) is 0 Å². The Labute approximate surface area is 101 Å². The Morgan fingerprint density at radius 1 is 1.53 bits per heavy atom. The SMILES string of the molecule is O=C(CCC1CCCO1)OCc1ccccn1. The van der Waals surface area contributed by atoms with Crippen LogP contribution in [-0.2, 0) is 20.9 Å². The molecule has 4 heteroatoms. The van der Waals surface area contributed by atoms with E-state index in [-0.39, 0.29) is 18.7 Å². The zero-order chi connectivity index (χ0) is 11.9. The number of pyridine rings is 1. The molecule has 0 amide bonds. The molecule has 1 fully saturated rings. The van der Waals surface area contributed by atoms with Crippen molar-refractivity contribution in [1.82, 2.24) is 4.98 Å². The Hall–Kier alpha value is -1.42. The molecule has 2 heterocycles. The summed E-state index contributed by atoms with van der Waals surface area (Å²) in [5.41, 5.74) is 0.776. The van der Waals surface area contributed by atoms with Crippen LogP contribution in [0.3, 0.4) is 0 Å². The molecule has 0 aromatic carbocycles. The van der Waals surface area contributed by atoms with E-state index in [2.05, 4.69) is 4.98 Å². The van der Waals surface area contributed by atoms with E-state index in [1.807, 2.05) is 18.2 Å². The summed E-state index contributed by atoms with van der Waals surface area (Å²) >= 11 is 0. The number of rotatable bonds is 5. The Kier molecular flexibility index (Phi) is 4.50. The van der Waals surface area contributed by atoms with Gasteiger partial charge in [0.05, 0.1) is 11.8 Å². The molecule has 0 N–H and O–H groups in total. The highest BCUT2D eigenvalue weighted by molar-refractivity contribution is 5.69. The fourth-order valence-corrected chi connectivity index (χ4v) is 1.86. The number of carbonyl (C=O) groups excluding carboxylic acids is 1. The van der Waals surface area contributed by atoms with E-state index < -0.39 is 0 Å². The maximum atomic E-state index is 11.5. The Morgan fingerprint density at radius 3 is 3.18 bits per heavy atom. The van der Waals surface area contributed by atoms with E-state index in [4.69, 9.17) is 9.47 Å². The molecule has 1 aliphatic heterocycles. The van der Waals surface area contributed by atoms with Gasteiger partial charge >= 0.3 is 5.97 Å². The van der Waals surface area contributed by atoms with Gasteiger partial charge in [0, 0.05) is 19.2 Å². The Balaban J connectivity index is 1.64. The van der Waals surface area contributed by atoms with Crippen LogP contribution in [0.1, 0.15) is 31.4 Å². The predicted octanol–water partition coefficient (Wildman–Crippen LogP) is 2.08. The molecule has 0 saturated carbocycles. The van der Waals surface area contributed by atoms with Crippen LogP contribution in [0.25, 0.3) is 0 Å². The standard InChI is InChI=1S/C13H17NO3/c15-13(7-6-12-5-3-9-16-12)17-10-11-4-1-2-8-14-11/h1-2,4,8,12H,3,5-7,9-10H2. The van der Waals surface area contributed by atoms with Crippen molar-refractivity contribution < 1.29 is 14.3 Å². The summed E-state index contributed by atoms with van der Waals surface area (Å²) in [5, 5.41) is 0. The lowest BCUT2D eigenvalue weighted by molar-refractivity contribution is -0.145. The highest BCUT2D eigenvalue weighted by Crippen LogP contribution is 2.17. The maximum Gasteiger partial charge on any atom is 0.306 e. The first-order valence-electron chi connectivity index (χ1n) is 6.02. The molecule has 1 aromatic rings. The molecular formula is C13H17NO3. The van der Waals surface area contributed by atoms with E-state index in [1.54, 1.807) is 6.20 Å². The molecule has 0 bridgehead atoms. The van der Waals surface area contributed by atoms with Crippen molar-refractivity contribution in [2.24, 2.45) is 0 Å². The van der Waals surface area contributed by atoms with Crippen LogP contribution >= 0.6 is 0 Å². The highest BCUT2D eigenvalue weighted by Gasteiger charge is 2.17. The molecule has 1 atom stereocenters. The second-order valence-corrected chi connectivity index (χ2v) is 4.16. The van der Waals surface area contributed by atoms with Gasteiger partial charge in [-0.3, -0.25) is 9.78 Å². The van der Waals surface area contributed by atoms with Crippen molar-refractivity contribution in [2.75, 3.05) is 6.61 Å². The number of esters is 1. The predicted molar refractivity (Wildman–Crippen MR) is 62.2 cm³/mol. The third kappa shape index (κ3) is 4.15. The molecule has 1 aliphatic rings. The first-order valence-corrected chi connectivity index (χ1v) is 6.02. The van der Waals surface area contributed by atoms with Crippen LogP contribution in [0, 0.1) is 0 Å². The average molecular weight is 235 g/mol. The molecule has 1 saturated heterocycles. The van der Waals surface area contributed by atoms with Gasteiger partial charge < -0.3 is 9.47 Å². The summed E-state index contributed by atoms with van der Waals surface area (Å²) in [6.07, 6.45) is 5.30. The van der Waals surface area contributed by atoms with E-state index in [0.29, 0.717) is 6.42 Å². The summed E-state index contributed by atoms with van der Waals surface area (Å²) < 4.78 is 10.6. The van der Waals surface area contributed by atoms with Crippen molar-refractivity contribution in [3.8, 4) is 0 Å². The molecule has 0 aliphatic carbocycles. The minimum Gasteiger partial charge on any atom is -0.459 e. The molecule has 1 unspecified atom stereocenters. The van der Waals surface area contributed by atoms with Crippen LogP contribution in [0.15, 0.2) is 24.4 Å². The number of nitrogens with zero attached hydrogens (tertiary/aromatic N) is 1. The van der Waals surface area contributed by atoms with Crippen LogP contribution in [0.4, 0.5) is 0 Å². The van der Waals surface area contributed by atoms with E-state index in [9.17, 15) is 4.79 Å². The van der Waals surface area contributed by atoms with E-state index >= 15 is 0 Å². The molecule has 0 radical (unpaired) electrons. The van der Waals surface area contributed by atoms with Crippen LogP contribution < -0.4 is 0 Å². The van der Waals surface area contributed by atoms with Crippen molar-refractivity contribution in [1.29, 1.82) is 0 Å². The molecule has 2 rings (SSSR count). The van der Waals surface area contributed by atoms with Gasteiger partial charge in [-0.25, -0.2) is 0 Å². The Bertz CT molecular complexity index is 347. The summed E-state index contributed by atoms with van der Waals surface area (Å²) in [4.78, 5) is 15.6. The summed E-state index contributed by atoms with van der Waals surface area (Å²) in [7, 11) is 0. The monoisotopic (exact) mass is 235 g/mol. The van der Waals surface area contributed by atoms with Gasteiger partial charge in [0.25, 0.3) is 0 Å². The van der Waals surface area contributed by atoms with Crippen molar-refractivity contribution >= 4 is 5.97 Å². The molecular weight excluding hydrogens is 218 g/mol. The topological polar surface area (TPSA) is 48.4 Å². The number of aromatic nitrogens is 1. The van der Waals surface area contributed by atoms with E-state index in [1.165, 1.54) is 0 Å². The fraction of sp³-hybridized carbons (Fsp3) is 0.538. The molecule has 1 aromatic heterocycles. The number of hydrogen-bond donors (Lipinski definition) is 0. The van der Waals surface area contributed by atoms with Crippen LogP contribution in [0.2, 0.25) is 0 Å². The first kappa shape index (κ1) is 12.0. The zero-order valence-electron chi connectivity index (χ0n) is 9.80. The van der Waals surface area contributed by atoms with Crippen LogP contribution in [-0.4, -0.2) is 23.7 Å². The third-order valence-corrected chi connectivity index (χ3v) is 2.80. The summed E-state index contributed by atoms with van der Waals surface area (Å²) in [6, 6.07) is 5.55. The summed E-state index contributed by atoms with van der Waals surface area (Å²) in [5.74, 6) is -0.175. The average Bonchev–Trinajstić information content (AvgIpc) is 2.88. The maximum absolute atomic E-state index is 11.5. The normalized spacial score (nSPS) is 19.2. The fourth-order valence-electron chi connectivity index (χ4n) is 1.86. The van der Waals surface area contributed by atoms with Crippen molar-refractivity contribution in [2.45, 2.75) is 38.4 Å². The lowest BCUT2D eigenvalue weighted by atomic mass is 10.1. The van der Waals surface area contributed by atoms with Crippen molar-refractivity contribution in [3.63, 3.8) is 0 Å². The van der Waals surface area contributed by atoms with Gasteiger partial charge in [-0.05, 0) is 31.4 Å². The minimum absolute atomic E-state index is 0.175. The quantitative estimate of drug-likeness (QED) is 0.733. The Morgan fingerprint density at radius 2 is 2.47 bits per heavy atom. The minimum atomic E-state index is -0.175. The second-order valence-electron chi connectivity index (χ2n) is 4.16. The smallest absolute Gasteiger partial charge is 0.306 e. The van der Waals surface area contributed by atoms with E-state index in [0.717, 1.165) is 31.6 Å². The first-order chi connectivity index (χ1) is 8.34. The molecule has 4 nitrogen and oxygen atoms in total.